The smallest absolute Gasteiger partial charge is 0.306 e. The lowest BCUT2D eigenvalue weighted by Gasteiger charge is -2.23. The summed E-state index contributed by atoms with van der Waals surface area (Å²) in [4.78, 5) is 23.2. The zero-order valence-corrected chi connectivity index (χ0v) is 16.4. The van der Waals surface area contributed by atoms with E-state index in [1.54, 1.807) is 12.1 Å². The second kappa shape index (κ2) is 8.53. The van der Waals surface area contributed by atoms with Crippen molar-refractivity contribution in [1.29, 1.82) is 0 Å². The Morgan fingerprint density at radius 1 is 1.14 bits per heavy atom. The summed E-state index contributed by atoms with van der Waals surface area (Å²) in [7, 11) is -2.56. The van der Waals surface area contributed by atoms with Crippen molar-refractivity contribution in [2.45, 2.75) is 30.7 Å². The van der Waals surface area contributed by atoms with Gasteiger partial charge >= 0.3 is 5.97 Å². The molecule has 3 rings (SSSR count). The van der Waals surface area contributed by atoms with Crippen molar-refractivity contribution < 1.29 is 22.7 Å². The third-order valence-electron chi connectivity index (χ3n) is 4.60. The average Bonchev–Trinajstić information content (AvgIpc) is 2.70. The number of nitrogens with one attached hydrogen (secondary N) is 1. The number of benzene rings is 2. The molecule has 0 aromatic heterocycles. The maximum Gasteiger partial charge on any atom is 0.306 e. The number of hydrogen-bond acceptors (Lipinski definition) is 5. The number of carbonyl (C=O) groups is 2. The van der Waals surface area contributed by atoms with Crippen LogP contribution in [0.15, 0.2) is 53.4 Å². The Balaban J connectivity index is 1.90. The van der Waals surface area contributed by atoms with E-state index in [0.29, 0.717) is 18.5 Å². The summed E-state index contributed by atoms with van der Waals surface area (Å²) in [6, 6.07) is 13.9. The molecule has 0 fully saturated rings. The first-order valence-electron chi connectivity index (χ1n) is 8.94. The molecule has 2 aromatic rings. The molecule has 1 amide bonds. The van der Waals surface area contributed by atoms with Crippen molar-refractivity contribution >= 4 is 27.6 Å². The Morgan fingerprint density at radius 3 is 2.61 bits per heavy atom. The third kappa shape index (κ3) is 4.58. The minimum Gasteiger partial charge on any atom is -0.469 e. The molecule has 2 aromatic carbocycles. The molecule has 0 spiro atoms. The lowest BCUT2D eigenvalue weighted by atomic mass is 10.0. The minimum atomic E-state index is -3.84. The third-order valence-corrected chi connectivity index (χ3v) is 6.45. The molecule has 8 heteroatoms. The van der Waals surface area contributed by atoms with E-state index in [-0.39, 0.29) is 30.3 Å². The van der Waals surface area contributed by atoms with Crippen molar-refractivity contribution in [3.05, 3.63) is 59.7 Å². The van der Waals surface area contributed by atoms with Crippen molar-refractivity contribution in [2.24, 2.45) is 0 Å². The van der Waals surface area contributed by atoms with Crippen molar-refractivity contribution in [3.8, 4) is 0 Å². The van der Waals surface area contributed by atoms with Gasteiger partial charge in [0.2, 0.25) is 15.9 Å². The van der Waals surface area contributed by atoms with Crippen molar-refractivity contribution in [1.82, 2.24) is 4.31 Å². The highest BCUT2D eigenvalue weighted by molar-refractivity contribution is 7.89. The molecule has 0 bridgehead atoms. The van der Waals surface area contributed by atoms with Crippen LogP contribution in [0, 0.1) is 0 Å². The number of esters is 1. The number of rotatable bonds is 7. The predicted octanol–water partition coefficient (Wildman–Crippen LogP) is 2.33. The molecule has 1 N–H and O–H groups in total. The van der Waals surface area contributed by atoms with Gasteiger partial charge in [-0.1, -0.05) is 30.3 Å². The molecule has 0 radical (unpaired) electrons. The van der Waals surface area contributed by atoms with Gasteiger partial charge in [0, 0.05) is 25.2 Å². The standard InChI is InChI=1S/C20H22N2O5S/c1-27-20(24)11-12-22(14-15-5-3-2-4-6-15)28(25,26)17-8-9-18-16(13-17)7-10-19(23)21-18/h2-6,8-9,13H,7,10-12,14H2,1H3,(H,21,23). The minimum absolute atomic E-state index is 0.0116. The lowest BCUT2D eigenvalue weighted by Crippen LogP contribution is -2.33. The van der Waals surface area contributed by atoms with Gasteiger partial charge in [0.05, 0.1) is 18.4 Å². The first-order chi connectivity index (χ1) is 13.4. The van der Waals surface area contributed by atoms with E-state index in [2.05, 4.69) is 10.1 Å². The number of amides is 1. The van der Waals surface area contributed by atoms with Crippen LogP contribution >= 0.6 is 0 Å². The molecule has 0 aliphatic carbocycles. The van der Waals surface area contributed by atoms with Crippen LogP contribution in [0.25, 0.3) is 0 Å². The fourth-order valence-electron chi connectivity index (χ4n) is 3.06. The highest BCUT2D eigenvalue weighted by Crippen LogP contribution is 2.27. The molecule has 1 heterocycles. The Bertz CT molecular complexity index is 973. The molecule has 0 saturated heterocycles. The summed E-state index contributed by atoms with van der Waals surface area (Å²) in [5, 5.41) is 2.75. The van der Waals surface area contributed by atoms with E-state index in [9.17, 15) is 18.0 Å². The molecule has 1 aliphatic heterocycles. The molecule has 148 valence electrons. The normalized spacial score (nSPS) is 13.7. The van der Waals surface area contributed by atoms with E-state index < -0.39 is 16.0 Å². The van der Waals surface area contributed by atoms with E-state index in [1.165, 1.54) is 17.5 Å². The second-order valence-corrected chi connectivity index (χ2v) is 8.46. The van der Waals surface area contributed by atoms with Gasteiger partial charge in [0.25, 0.3) is 0 Å². The number of carbonyl (C=O) groups excluding carboxylic acids is 2. The van der Waals surface area contributed by atoms with Crippen LogP contribution < -0.4 is 5.32 Å². The Hall–Kier alpha value is -2.71. The second-order valence-electron chi connectivity index (χ2n) is 6.52. The molecule has 7 nitrogen and oxygen atoms in total. The predicted molar refractivity (Wildman–Crippen MR) is 104 cm³/mol. The highest BCUT2D eigenvalue weighted by atomic mass is 32.2. The molecule has 0 unspecified atom stereocenters. The van der Waals surface area contributed by atoms with Crippen molar-refractivity contribution in [3.63, 3.8) is 0 Å². The topological polar surface area (TPSA) is 92.8 Å². The quantitative estimate of drug-likeness (QED) is 0.718. The van der Waals surface area contributed by atoms with Crippen molar-refractivity contribution in [2.75, 3.05) is 19.0 Å². The Kier molecular flexibility index (Phi) is 6.11. The van der Waals surface area contributed by atoms with Crippen LogP contribution in [0.2, 0.25) is 0 Å². The summed E-state index contributed by atoms with van der Waals surface area (Å²) in [6.07, 6.45) is 0.779. The fourth-order valence-corrected chi connectivity index (χ4v) is 4.54. The molecule has 1 aliphatic rings. The number of nitrogens with zero attached hydrogens (tertiary/aromatic N) is 1. The summed E-state index contributed by atoms with van der Waals surface area (Å²) >= 11 is 0. The van der Waals surface area contributed by atoms with Gasteiger partial charge < -0.3 is 10.1 Å². The Morgan fingerprint density at radius 2 is 1.89 bits per heavy atom. The van der Waals surface area contributed by atoms with Crippen LogP contribution in [-0.2, 0) is 37.3 Å². The van der Waals surface area contributed by atoms with Gasteiger partial charge in [-0.15, -0.1) is 0 Å². The highest BCUT2D eigenvalue weighted by Gasteiger charge is 2.27. The largest absolute Gasteiger partial charge is 0.469 e. The van der Waals surface area contributed by atoms with Gasteiger partial charge in [0.1, 0.15) is 0 Å². The number of sulfonamides is 1. The summed E-state index contributed by atoms with van der Waals surface area (Å²) < 4.78 is 32.5. The van der Waals surface area contributed by atoms with E-state index in [4.69, 9.17) is 0 Å². The van der Waals surface area contributed by atoms with Gasteiger partial charge in [-0.2, -0.15) is 4.31 Å². The van der Waals surface area contributed by atoms with Crippen LogP contribution in [0.1, 0.15) is 24.0 Å². The zero-order chi connectivity index (χ0) is 20.1. The van der Waals surface area contributed by atoms with Gasteiger partial charge in [-0.25, -0.2) is 8.42 Å². The van der Waals surface area contributed by atoms with Crippen LogP contribution in [0.3, 0.4) is 0 Å². The van der Waals surface area contributed by atoms with Gasteiger partial charge in [-0.3, -0.25) is 9.59 Å². The SMILES string of the molecule is COC(=O)CCN(Cc1ccccc1)S(=O)(=O)c1ccc2c(c1)CCC(=O)N2. The molecular weight excluding hydrogens is 380 g/mol. The Labute approximate surface area is 164 Å². The summed E-state index contributed by atoms with van der Waals surface area (Å²) in [6.45, 7) is 0.158. The molecular formula is C20H22N2O5S. The number of ether oxygens (including phenoxy) is 1. The fraction of sp³-hybridized carbons (Fsp3) is 0.300. The monoisotopic (exact) mass is 402 g/mol. The number of anilines is 1. The number of methoxy groups -OCH3 is 1. The van der Waals surface area contributed by atoms with E-state index in [0.717, 1.165) is 11.1 Å². The summed E-state index contributed by atoms with van der Waals surface area (Å²) in [5.41, 5.74) is 2.24. The lowest BCUT2D eigenvalue weighted by molar-refractivity contribution is -0.140. The van der Waals surface area contributed by atoms with Gasteiger partial charge in [0.15, 0.2) is 0 Å². The first-order valence-corrected chi connectivity index (χ1v) is 10.4. The molecule has 28 heavy (non-hydrogen) atoms. The first kappa shape index (κ1) is 20.0. The van der Waals surface area contributed by atoms with E-state index in [1.807, 2.05) is 30.3 Å². The maximum atomic E-state index is 13.3. The number of hydrogen-bond donors (Lipinski definition) is 1. The number of aryl methyl sites for hydroxylation is 1. The van der Waals surface area contributed by atoms with Gasteiger partial charge in [-0.05, 0) is 35.7 Å². The zero-order valence-electron chi connectivity index (χ0n) is 15.6. The maximum absolute atomic E-state index is 13.3. The average molecular weight is 402 g/mol. The number of fused-ring (bicyclic) bond motifs is 1. The van der Waals surface area contributed by atoms with Crippen LogP contribution in [0.4, 0.5) is 5.69 Å². The molecule has 0 atom stereocenters. The van der Waals surface area contributed by atoms with Crippen LogP contribution in [0.5, 0.6) is 0 Å². The molecule has 0 saturated carbocycles. The van der Waals surface area contributed by atoms with E-state index >= 15 is 0 Å². The van der Waals surface area contributed by atoms with Crippen LogP contribution in [-0.4, -0.2) is 38.3 Å². The summed E-state index contributed by atoms with van der Waals surface area (Å²) in [5.74, 6) is -0.548.